The Morgan fingerprint density at radius 2 is 1.85 bits per heavy atom. The van der Waals surface area contributed by atoms with Crippen molar-refractivity contribution in [3.63, 3.8) is 0 Å². The summed E-state index contributed by atoms with van der Waals surface area (Å²) in [6, 6.07) is 15.9. The van der Waals surface area contributed by atoms with Gasteiger partial charge in [0.15, 0.2) is 5.76 Å². The molecule has 1 aliphatic heterocycles. The summed E-state index contributed by atoms with van der Waals surface area (Å²) in [6.07, 6.45) is 3.14. The van der Waals surface area contributed by atoms with Crippen molar-refractivity contribution < 1.29 is 23.2 Å². The number of fused-ring (bicyclic) bond motifs is 1. The summed E-state index contributed by atoms with van der Waals surface area (Å²) in [5.41, 5.74) is 6.40. The maximum absolute atomic E-state index is 13.0. The number of rotatable bonds is 5. The predicted octanol–water partition coefficient (Wildman–Crippen LogP) is 2.90. The van der Waals surface area contributed by atoms with Gasteiger partial charge in [-0.3, -0.25) is 25.2 Å². The van der Waals surface area contributed by atoms with Gasteiger partial charge in [0.05, 0.1) is 36.1 Å². The molecule has 1 aromatic carbocycles. The van der Waals surface area contributed by atoms with Crippen molar-refractivity contribution in [1.29, 1.82) is 0 Å². The molecule has 9 nitrogen and oxygen atoms in total. The number of pyridine rings is 1. The van der Waals surface area contributed by atoms with E-state index >= 15 is 0 Å². The molecule has 9 heteroatoms. The highest BCUT2D eigenvalue weighted by atomic mass is 16.3. The van der Waals surface area contributed by atoms with Crippen LogP contribution in [0, 0.1) is 5.92 Å². The van der Waals surface area contributed by atoms with E-state index < -0.39 is 17.7 Å². The molecule has 166 valence electrons. The molecular formula is C24H20N4O5. The number of nitrogens with zero attached hydrogens (tertiary/aromatic N) is 2. The first-order chi connectivity index (χ1) is 16.1. The van der Waals surface area contributed by atoms with Crippen molar-refractivity contribution in [2.45, 2.75) is 13.0 Å². The number of aromatic nitrogens is 1. The molecule has 1 saturated heterocycles. The van der Waals surface area contributed by atoms with E-state index in [9.17, 15) is 14.4 Å². The lowest BCUT2D eigenvalue weighted by atomic mass is 10.1. The van der Waals surface area contributed by atoms with E-state index in [2.05, 4.69) is 15.8 Å². The number of para-hydroxylation sites is 1. The van der Waals surface area contributed by atoms with Crippen molar-refractivity contribution in [3.8, 4) is 11.5 Å². The lowest BCUT2D eigenvalue weighted by Crippen LogP contribution is -2.45. The molecule has 0 spiro atoms. The van der Waals surface area contributed by atoms with Crippen LogP contribution in [-0.4, -0.2) is 34.2 Å². The summed E-state index contributed by atoms with van der Waals surface area (Å²) in [5.74, 6) is -0.453. The van der Waals surface area contributed by atoms with Crippen molar-refractivity contribution >= 4 is 28.6 Å². The summed E-state index contributed by atoms with van der Waals surface area (Å²) in [4.78, 5) is 44.0. The third-order valence-electron chi connectivity index (χ3n) is 5.55. The molecule has 5 rings (SSSR count). The number of carbonyl (C=O) groups is 3. The maximum atomic E-state index is 13.0. The first-order valence-electron chi connectivity index (χ1n) is 10.4. The van der Waals surface area contributed by atoms with Gasteiger partial charge < -0.3 is 13.7 Å². The summed E-state index contributed by atoms with van der Waals surface area (Å²) in [5, 5.41) is 0.639. The predicted molar refractivity (Wildman–Crippen MR) is 117 cm³/mol. The number of likely N-dealkylation sites (tertiary alicyclic amines) is 1. The zero-order valence-electron chi connectivity index (χ0n) is 17.5. The molecule has 1 atom stereocenters. The maximum Gasteiger partial charge on any atom is 0.270 e. The first-order valence-corrected chi connectivity index (χ1v) is 10.4. The molecule has 0 aliphatic carbocycles. The summed E-state index contributed by atoms with van der Waals surface area (Å²) < 4.78 is 10.7. The quantitative estimate of drug-likeness (QED) is 0.457. The molecular weight excluding hydrogens is 424 g/mol. The van der Waals surface area contributed by atoms with Crippen LogP contribution in [0.5, 0.6) is 0 Å². The van der Waals surface area contributed by atoms with Crippen molar-refractivity contribution in [3.05, 3.63) is 78.4 Å². The second-order valence-electron chi connectivity index (χ2n) is 7.75. The Hall–Kier alpha value is -4.40. The van der Waals surface area contributed by atoms with E-state index in [-0.39, 0.29) is 18.9 Å². The van der Waals surface area contributed by atoms with Crippen molar-refractivity contribution in [2.24, 2.45) is 5.92 Å². The normalized spacial score (nSPS) is 15.7. The molecule has 1 unspecified atom stereocenters. The van der Waals surface area contributed by atoms with Crippen LogP contribution in [0.3, 0.4) is 0 Å². The molecule has 33 heavy (non-hydrogen) atoms. The molecule has 0 bridgehead atoms. The van der Waals surface area contributed by atoms with Gasteiger partial charge in [-0.15, -0.1) is 0 Å². The van der Waals surface area contributed by atoms with Gasteiger partial charge >= 0.3 is 0 Å². The van der Waals surface area contributed by atoms with Gasteiger partial charge in [0.2, 0.25) is 11.8 Å². The minimum Gasteiger partial charge on any atom is -0.467 e. The van der Waals surface area contributed by atoms with E-state index in [4.69, 9.17) is 8.83 Å². The molecule has 0 saturated carbocycles. The van der Waals surface area contributed by atoms with Crippen LogP contribution >= 0.6 is 0 Å². The second-order valence-corrected chi connectivity index (χ2v) is 7.75. The highest BCUT2D eigenvalue weighted by Crippen LogP contribution is 2.25. The van der Waals surface area contributed by atoms with Gasteiger partial charge in [-0.1, -0.05) is 18.2 Å². The number of furan rings is 2. The average molecular weight is 444 g/mol. The van der Waals surface area contributed by atoms with Gasteiger partial charge in [-0.05, 0) is 36.4 Å². The molecule has 1 aliphatic rings. The monoisotopic (exact) mass is 444 g/mol. The summed E-state index contributed by atoms with van der Waals surface area (Å²) in [6.45, 7) is 0.558. The standard InChI is InChI=1S/C24H20N4O5/c29-22-11-15(13-28(22)14-16-5-3-9-32-16)23(30)26-27-24(31)18-12-20(21-8-4-10-33-21)25-19-7-2-1-6-17(18)19/h1-10,12,15H,11,13-14H2,(H,26,30)(H,27,31). The lowest BCUT2D eigenvalue weighted by Gasteiger charge is -2.15. The Balaban J connectivity index is 1.28. The molecule has 3 aromatic heterocycles. The van der Waals surface area contributed by atoms with E-state index in [0.29, 0.717) is 40.2 Å². The fourth-order valence-electron chi connectivity index (χ4n) is 3.89. The van der Waals surface area contributed by atoms with E-state index in [1.807, 2.05) is 12.1 Å². The van der Waals surface area contributed by atoms with E-state index in [1.54, 1.807) is 47.4 Å². The number of carbonyl (C=O) groups excluding carboxylic acids is 3. The van der Waals surface area contributed by atoms with Gasteiger partial charge in [0.1, 0.15) is 11.5 Å². The minimum absolute atomic E-state index is 0.0727. The SMILES string of the molecule is O=C(NNC(=O)C1CC(=O)N(Cc2ccco2)C1)c1cc(-c2ccco2)nc2ccccc12. The van der Waals surface area contributed by atoms with Gasteiger partial charge in [0, 0.05) is 18.4 Å². The fourth-order valence-corrected chi connectivity index (χ4v) is 3.89. The number of hydrogen-bond donors (Lipinski definition) is 2. The fraction of sp³-hybridized carbons (Fsp3) is 0.167. The molecule has 0 radical (unpaired) electrons. The molecule has 3 amide bonds. The van der Waals surface area contributed by atoms with Crippen LogP contribution in [0.15, 0.2) is 76.0 Å². The zero-order valence-corrected chi connectivity index (χ0v) is 17.5. The third kappa shape index (κ3) is 4.20. The Bertz CT molecular complexity index is 1310. The van der Waals surface area contributed by atoms with Gasteiger partial charge in [-0.2, -0.15) is 0 Å². The highest BCUT2D eigenvalue weighted by molar-refractivity contribution is 6.07. The Labute approximate surface area is 188 Å². The molecule has 4 heterocycles. The molecule has 2 N–H and O–H groups in total. The number of nitrogens with one attached hydrogen (secondary N) is 2. The lowest BCUT2D eigenvalue weighted by molar-refractivity contribution is -0.129. The third-order valence-corrected chi connectivity index (χ3v) is 5.55. The molecule has 1 fully saturated rings. The van der Waals surface area contributed by atoms with Crippen molar-refractivity contribution in [1.82, 2.24) is 20.7 Å². The van der Waals surface area contributed by atoms with Crippen LogP contribution in [0.2, 0.25) is 0 Å². The number of amides is 3. The minimum atomic E-state index is -0.569. The largest absolute Gasteiger partial charge is 0.467 e. The zero-order chi connectivity index (χ0) is 22.8. The van der Waals surface area contributed by atoms with Crippen molar-refractivity contribution in [2.75, 3.05) is 6.54 Å². The van der Waals surface area contributed by atoms with Crippen LogP contribution in [-0.2, 0) is 16.1 Å². The number of hydrogen-bond acceptors (Lipinski definition) is 6. The summed E-state index contributed by atoms with van der Waals surface area (Å²) >= 11 is 0. The average Bonchev–Trinajstić information content (AvgIpc) is 3.60. The van der Waals surface area contributed by atoms with Crippen LogP contribution in [0.4, 0.5) is 0 Å². The second kappa shape index (κ2) is 8.62. The van der Waals surface area contributed by atoms with E-state index in [1.165, 1.54) is 12.5 Å². The Morgan fingerprint density at radius 3 is 2.64 bits per heavy atom. The van der Waals surface area contributed by atoms with Gasteiger partial charge in [-0.25, -0.2) is 4.98 Å². The van der Waals surface area contributed by atoms with Crippen LogP contribution in [0.1, 0.15) is 22.5 Å². The highest BCUT2D eigenvalue weighted by Gasteiger charge is 2.35. The topological polar surface area (TPSA) is 118 Å². The number of benzene rings is 1. The summed E-state index contributed by atoms with van der Waals surface area (Å²) in [7, 11) is 0. The van der Waals surface area contributed by atoms with Crippen LogP contribution < -0.4 is 10.9 Å². The van der Waals surface area contributed by atoms with Crippen LogP contribution in [0.25, 0.3) is 22.4 Å². The van der Waals surface area contributed by atoms with Gasteiger partial charge in [0.25, 0.3) is 5.91 Å². The first kappa shape index (κ1) is 20.5. The number of hydrazine groups is 1. The van der Waals surface area contributed by atoms with E-state index in [0.717, 1.165) is 0 Å². The molecule has 4 aromatic rings. The Morgan fingerprint density at radius 1 is 1.03 bits per heavy atom. The smallest absolute Gasteiger partial charge is 0.270 e. The Kier molecular flexibility index (Phi) is 5.35.